The first-order chi connectivity index (χ1) is 10.4. The number of nitrogens with zero attached hydrogens (tertiary/aromatic N) is 1. The number of nitrogens with two attached hydrogens (primary N) is 1. The number of hydrogen-bond acceptors (Lipinski definition) is 4. The Morgan fingerprint density at radius 2 is 2.23 bits per heavy atom. The Morgan fingerprint density at radius 1 is 1.55 bits per heavy atom. The van der Waals surface area contributed by atoms with Crippen LogP contribution in [0.4, 0.5) is 5.69 Å². The molecule has 0 saturated heterocycles. The Bertz CT molecular complexity index is 557. The number of fused-ring (bicyclic) bond motifs is 1. The fraction of sp³-hybridized carbons (Fsp3) is 0.588. The second kappa shape index (κ2) is 6.16. The van der Waals surface area contributed by atoms with Gasteiger partial charge in [-0.25, -0.2) is 5.84 Å². The van der Waals surface area contributed by atoms with Crippen molar-refractivity contribution in [3.8, 4) is 5.75 Å². The fourth-order valence-corrected chi connectivity index (χ4v) is 3.78. The van der Waals surface area contributed by atoms with Crippen LogP contribution in [0.15, 0.2) is 18.2 Å². The van der Waals surface area contributed by atoms with Crippen LogP contribution in [-0.2, 0) is 4.79 Å². The first-order valence-corrected chi connectivity index (χ1v) is 7.84. The summed E-state index contributed by atoms with van der Waals surface area (Å²) in [5.41, 5.74) is 4.39. The van der Waals surface area contributed by atoms with E-state index < -0.39 is 0 Å². The molecule has 5 heteroatoms. The minimum Gasteiger partial charge on any atom is -0.495 e. The second-order valence-corrected chi connectivity index (χ2v) is 6.62. The van der Waals surface area contributed by atoms with Crippen molar-refractivity contribution in [3.05, 3.63) is 23.8 Å². The Hall–Kier alpha value is -1.75. The van der Waals surface area contributed by atoms with Gasteiger partial charge in [0.25, 0.3) is 5.91 Å². The number of hydrazine groups is 1. The van der Waals surface area contributed by atoms with Gasteiger partial charge in [-0.05, 0) is 44.2 Å². The molecule has 0 spiro atoms. The normalized spacial score (nSPS) is 21.0. The van der Waals surface area contributed by atoms with E-state index in [0.717, 1.165) is 17.9 Å². The van der Waals surface area contributed by atoms with Gasteiger partial charge in [0.15, 0.2) is 0 Å². The molecule has 1 aromatic carbocycles. The molecule has 1 heterocycles. The van der Waals surface area contributed by atoms with E-state index in [-0.39, 0.29) is 17.5 Å². The van der Waals surface area contributed by atoms with Crippen LogP contribution in [0, 0.1) is 0 Å². The molecule has 1 aromatic rings. The fourth-order valence-electron chi connectivity index (χ4n) is 3.78. The molecule has 1 aliphatic heterocycles. The zero-order valence-electron chi connectivity index (χ0n) is 14.1. The highest BCUT2D eigenvalue weighted by molar-refractivity contribution is 5.87. The van der Waals surface area contributed by atoms with Crippen LogP contribution in [0.3, 0.4) is 0 Å². The number of benzene rings is 1. The molecule has 22 heavy (non-hydrogen) atoms. The Morgan fingerprint density at radius 3 is 2.77 bits per heavy atom. The topological polar surface area (TPSA) is 67.6 Å². The summed E-state index contributed by atoms with van der Waals surface area (Å²) in [5.74, 6) is 6.46. The average molecular weight is 305 g/mol. The molecule has 5 nitrogen and oxygen atoms in total. The summed E-state index contributed by atoms with van der Waals surface area (Å²) in [6.45, 7) is 8.57. The van der Waals surface area contributed by atoms with Crippen molar-refractivity contribution < 1.29 is 9.53 Å². The number of amides is 1. The molecule has 0 bridgehead atoms. The maximum absolute atomic E-state index is 12.3. The molecule has 1 amide bonds. The lowest BCUT2D eigenvalue weighted by molar-refractivity contribution is -0.122. The number of ether oxygens (including phenoxy) is 1. The van der Waals surface area contributed by atoms with Gasteiger partial charge in [-0.15, -0.1) is 0 Å². The number of anilines is 1. The van der Waals surface area contributed by atoms with Gasteiger partial charge in [0.2, 0.25) is 0 Å². The summed E-state index contributed by atoms with van der Waals surface area (Å²) in [6.07, 6.45) is 1.65. The van der Waals surface area contributed by atoms with Gasteiger partial charge < -0.3 is 9.64 Å². The number of nitrogens with one attached hydrogen (secondary N) is 1. The van der Waals surface area contributed by atoms with E-state index in [4.69, 9.17) is 10.6 Å². The highest BCUT2D eigenvalue weighted by atomic mass is 16.5. The van der Waals surface area contributed by atoms with Crippen LogP contribution in [0.1, 0.15) is 52.0 Å². The third-order valence-electron chi connectivity index (χ3n) is 4.62. The number of methoxy groups -OCH3 is 1. The van der Waals surface area contributed by atoms with Crippen LogP contribution in [-0.4, -0.2) is 24.6 Å². The summed E-state index contributed by atoms with van der Waals surface area (Å²) in [5, 5.41) is 0. The molecule has 2 unspecified atom stereocenters. The monoisotopic (exact) mass is 305 g/mol. The molecular formula is C17H27N3O2. The van der Waals surface area contributed by atoms with Gasteiger partial charge in [0.05, 0.1) is 12.8 Å². The Balaban J connectivity index is 2.65. The summed E-state index contributed by atoms with van der Waals surface area (Å²) in [4.78, 5) is 14.5. The van der Waals surface area contributed by atoms with Gasteiger partial charge in [0.1, 0.15) is 11.8 Å². The van der Waals surface area contributed by atoms with E-state index in [1.54, 1.807) is 7.11 Å². The van der Waals surface area contributed by atoms with E-state index >= 15 is 0 Å². The van der Waals surface area contributed by atoms with Crippen molar-refractivity contribution >= 4 is 11.6 Å². The minimum absolute atomic E-state index is 0.158. The number of hydrogen-bond donors (Lipinski definition) is 2. The number of para-hydroxylation sites is 1. The van der Waals surface area contributed by atoms with E-state index in [2.05, 4.69) is 37.2 Å². The van der Waals surface area contributed by atoms with Gasteiger partial charge >= 0.3 is 0 Å². The predicted octanol–water partition coefficient (Wildman–Crippen LogP) is 2.56. The van der Waals surface area contributed by atoms with Crippen LogP contribution in [0.5, 0.6) is 5.75 Å². The maximum Gasteiger partial charge on any atom is 0.256 e. The predicted molar refractivity (Wildman–Crippen MR) is 89.0 cm³/mol. The van der Waals surface area contributed by atoms with E-state index in [0.29, 0.717) is 12.3 Å². The smallest absolute Gasteiger partial charge is 0.256 e. The molecule has 0 saturated carbocycles. The summed E-state index contributed by atoms with van der Waals surface area (Å²) < 4.78 is 5.59. The second-order valence-electron chi connectivity index (χ2n) is 6.62. The molecule has 1 aliphatic rings. The lowest BCUT2D eigenvalue weighted by atomic mass is 9.78. The SMILES string of the molecule is CCC(C(=O)NN)N1c2c(OC)cccc2C(C)CC1(C)C. The maximum atomic E-state index is 12.3. The third kappa shape index (κ3) is 2.65. The first kappa shape index (κ1) is 16.6. The van der Waals surface area contributed by atoms with E-state index in [9.17, 15) is 4.79 Å². The quantitative estimate of drug-likeness (QED) is 0.510. The number of carbonyl (C=O) groups excluding carboxylic acids is 1. The van der Waals surface area contributed by atoms with Crippen molar-refractivity contribution in [1.82, 2.24) is 5.43 Å². The molecule has 2 atom stereocenters. The van der Waals surface area contributed by atoms with E-state index in [1.165, 1.54) is 5.56 Å². The van der Waals surface area contributed by atoms with Crippen molar-refractivity contribution in [3.63, 3.8) is 0 Å². The molecule has 122 valence electrons. The Labute approximate surface area is 132 Å². The first-order valence-electron chi connectivity index (χ1n) is 7.84. The lowest BCUT2D eigenvalue weighted by Crippen LogP contribution is -2.59. The highest BCUT2D eigenvalue weighted by Crippen LogP contribution is 2.48. The number of rotatable bonds is 4. The lowest BCUT2D eigenvalue weighted by Gasteiger charge is -2.50. The van der Waals surface area contributed by atoms with Crippen molar-refractivity contribution in [2.45, 2.75) is 58.0 Å². The molecule has 2 rings (SSSR count). The zero-order chi connectivity index (χ0) is 16.5. The van der Waals surface area contributed by atoms with Gasteiger partial charge in [-0.3, -0.25) is 10.2 Å². The molecule has 3 N–H and O–H groups in total. The minimum atomic E-state index is -0.317. The molecule has 0 radical (unpaired) electrons. The molecule has 0 fully saturated rings. The molecule has 0 aliphatic carbocycles. The summed E-state index contributed by atoms with van der Waals surface area (Å²) in [7, 11) is 1.67. The van der Waals surface area contributed by atoms with Gasteiger partial charge in [-0.2, -0.15) is 0 Å². The molecule has 0 aromatic heterocycles. The van der Waals surface area contributed by atoms with Crippen molar-refractivity contribution in [1.29, 1.82) is 0 Å². The average Bonchev–Trinajstić information content (AvgIpc) is 2.49. The molecular weight excluding hydrogens is 278 g/mol. The van der Waals surface area contributed by atoms with Crippen LogP contribution >= 0.6 is 0 Å². The van der Waals surface area contributed by atoms with Crippen molar-refractivity contribution in [2.75, 3.05) is 12.0 Å². The van der Waals surface area contributed by atoms with Crippen molar-refractivity contribution in [2.24, 2.45) is 5.84 Å². The summed E-state index contributed by atoms with van der Waals surface area (Å²) in [6, 6.07) is 5.77. The largest absolute Gasteiger partial charge is 0.495 e. The summed E-state index contributed by atoms with van der Waals surface area (Å²) >= 11 is 0. The van der Waals surface area contributed by atoms with E-state index in [1.807, 2.05) is 19.1 Å². The highest BCUT2D eigenvalue weighted by Gasteiger charge is 2.43. The zero-order valence-corrected chi connectivity index (χ0v) is 14.1. The third-order valence-corrected chi connectivity index (χ3v) is 4.62. The van der Waals surface area contributed by atoms with Gasteiger partial charge in [-0.1, -0.05) is 26.0 Å². The van der Waals surface area contributed by atoms with Crippen LogP contribution in [0.2, 0.25) is 0 Å². The van der Waals surface area contributed by atoms with Crippen LogP contribution in [0.25, 0.3) is 0 Å². The Kier molecular flexibility index (Phi) is 4.66. The standard InChI is InChI=1S/C17H27N3O2/c1-6-13(16(21)19-18)20-15-12(8-7-9-14(15)22-5)11(2)10-17(20,3)4/h7-9,11,13H,6,10,18H2,1-5H3,(H,19,21). The van der Waals surface area contributed by atoms with Crippen LogP contribution < -0.4 is 20.9 Å². The number of carbonyl (C=O) groups is 1. The van der Waals surface area contributed by atoms with Gasteiger partial charge in [0, 0.05) is 5.54 Å².